The van der Waals surface area contributed by atoms with Crippen molar-refractivity contribution < 1.29 is 0 Å². The third-order valence-electron chi connectivity index (χ3n) is 6.17. The molecular formula is C19H27N. The van der Waals surface area contributed by atoms with E-state index < -0.39 is 0 Å². The standard InChI is InChI=1S/C19H27N/c1-2-7-18-15(4-1)5-3-6-17(18)13-20-19-12-14-8-10-16(19)11-9-14/h1-2,4,7,14,16-17,19-20H,3,5-6,8-13H2/t14?,16?,17?,19-/m1/s1. The fraction of sp³-hybridized carbons (Fsp3) is 0.684. The van der Waals surface area contributed by atoms with Crippen molar-refractivity contribution >= 4 is 0 Å². The highest BCUT2D eigenvalue weighted by atomic mass is 14.9. The normalized spacial score (nSPS) is 35.8. The molecule has 5 rings (SSSR count). The van der Waals surface area contributed by atoms with Crippen molar-refractivity contribution in [3.05, 3.63) is 35.4 Å². The van der Waals surface area contributed by atoms with Gasteiger partial charge in [0.05, 0.1) is 0 Å². The first-order valence-corrected chi connectivity index (χ1v) is 8.71. The molecule has 4 aliphatic rings. The molecule has 0 heterocycles. The summed E-state index contributed by atoms with van der Waals surface area (Å²) in [5, 5.41) is 3.96. The predicted molar refractivity (Wildman–Crippen MR) is 84.0 cm³/mol. The molecule has 1 unspecified atom stereocenters. The number of hydrogen-bond donors (Lipinski definition) is 1. The lowest BCUT2D eigenvalue weighted by atomic mass is 9.68. The van der Waals surface area contributed by atoms with Gasteiger partial charge in [0.25, 0.3) is 0 Å². The van der Waals surface area contributed by atoms with Crippen molar-refractivity contribution in [1.82, 2.24) is 5.32 Å². The van der Waals surface area contributed by atoms with Crippen molar-refractivity contribution in [1.29, 1.82) is 0 Å². The monoisotopic (exact) mass is 269 g/mol. The van der Waals surface area contributed by atoms with Crippen LogP contribution in [0.1, 0.15) is 62.0 Å². The maximum absolute atomic E-state index is 3.96. The van der Waals surface area contributed by atoms with E-state index in [0.29, 0.717) is 0 Å². The van der Waals surface area contributed by atoms with Crippen LogP contribution in [0.5, 0.6) is 0 Å². The molecule has 3 fully saturated rings. The van der Waals surface area contributed by atoms with E-state index in [2.05, 4.69) is 29.6 Å². The van der Waals surface area contributed by atoms with Crippen LogP contribution in [0.15, 0.2) is 24.3 Å². The van der Waals surface area contributed by atoms with Gasteiger partial charge in [0.1, 0.15) is 0 Å². The average Bonchev–Trinajstić information content (AvgIpc) is 2.54. The molecule has 108 valence electrons. The molecule has 2 atom stereocenters. The molecule has 1 N–H and O–H groups in total. The van der Waals surface area contributed by atoms with E-state index in [-0.39, 0.29) is 0 Å². The summed E-state index contributed by atoms with van der Waals surface area (Å²) in [5.41, 5.74) is 3.24. The molecule has 1 nitrogen and oxygen atoms in total. The largest absolute Gasteiger partial charge is 0.313 e. The van der Waals surface area contributed by atoms with Gasteiger partial charge in [-0.05, 0) is 67.4 Å². The molecule has 1 aromatic carbocycles. The first kappa shape index (κ1) is 12.9. The third kappa shape index (κ3) is 2.41. The van der Waals surface area contributed by atoms with E-state index >= 15 is 0 Å². The van der Waals surface area contributed by atoms with Crippen LogP contribution in [0, 0.1) is 11.8 Å². The highest BCUT2D eigenvalue weighted by Crippen LogP contribution is 2.41. The Kier molecular flexibility index (Phi) is 3.56. The lowest BCUT2D eigenvalue weighted by Gasteiger charge is -2.43. The molecule has 2 bridgehead atoms. The summed E-state index contributed by atoms with van der Waals surface area (Å²) in [6, 6.07) is 9.96. The molecule has 0 spiro atoms. The van der Waals surface area contributed by atoms with E-state index in [9.17, 15) is 0 Å². The summed E-state index contributed by atoms with van der Waals surface area (Å²) >= 11 is 0. The number of rotatable bonds is 3. The van der Waals surface area contributed by atoms with Gasteiger partial charge in [-0.25, -0.2) is 0 Å². The molecule has 1 aromatic rings. The van der Waals surface area contributed by atoms with Crippen molar-refractivity contribution in [2.45, 2.75) is 63.3 Å². The van der Waals surface area contributed by atoms with Gasteiger partial charge in [-0.3, -0.25) is 0 Å². The minimum atomic E-state index is 0.764. The maximum atomic E-state index is 3.96. The Morgan fingerprint density at radius 2 is 1.85 bits per heavy atom. The molecule has 1 heteroatoms. The Bertz CT molecular complexity index is 459. The Hall–Kier alpha value is -0.820. The van der Waals surface area contributed by atoms with E-state index in [1.54, 1.807) is 11.1 Å². The van der Waals surface area contributed by atoms with Crippen LogP contribution >= 0.6 is 0 Å². The molecular weight excluding hydrogens is 242 g/mol. The first-order chi connectivity index (χ1) is 9.90. The first-order valence-electron chi connectivity index (χ1n) is 8.71. The summed E-state index contributed by atoms with van der Waals surface area (Å²) in [6.07, 6.45) is 11.5. The lowest BCUT2D eigenvalue weighted by molar-refractivity contribution is 0.122. The number of nitrogens with one attached hydrogen (secondary N) is 1. The van der Waals surface area contributed by atoms with Crippen molar-refractivity contribution in [2.75, 3.05) is 6.54 Å². The zero-order valence-electron chi connectivity index (χ0n) is 12.5. The molecule has 0 amide bonds. The van der Waals surface area contributed by atoms with Gasteiger partial charge in [0.15, 0.2) is 0 Å². The Labute approximate surface area is 123 Å². The van der Waals surface area contributed by atoms with E-state index in [1.807, 2.05) is 0 Å². The van der Waals surface area contributed by atoms with Gasteiger partial charge < -0.3 is 5.32 Å². The van der Waals surface area contributed by atoms with Crippen LogP contribution in [0.25, 0.3) is 0 Å². The van der Waals surface area contributed by atoms with Crippen LogP contribution in [-0.4, -0.2) is 12.6 Å². The maximum Gasteiger partial charge on any atom is 0.00982 e. The number of aryl methyl sites for hydroxylation is 1. The van der Waals surface area contributed by atoms with Crippen LogP contribution in [-0.2, 0) is 6.42 Å². The van der Waals surface area contributed by atoms with Gasteiger partial charge in [0.2, 0.25) is 0 Å². The van der Waals surface area contributed by atoms with Gasteiger partial charge in [-0.2, -0.15) is 0 Å². The lowest BCUT2D eigenvalue weighted by Crippen LogP contribution is -2.46. The Morgan fingerprint density at radius 3 is 2.65 bits per heavy atom. The predicted octanol–water partition coefficient (Wildman–Crippen LogP) is 4.27. The Morgan fingerprint density at radius 1 is 1.00 bits per heavy atom. The summed E-state index contributed by atoms with van der Waals surface area (Å²) in [7, 11) is 0. The smallest absolute Gasteiger partial charge is 0.00982 e. The fourth-order valence-electron chi connectivity index (χ4n) is 4.99. The summed E-state index contributed by atoms with van der Waals surface area (Å²) in [4.78, 5) is 0. The second kappa shape index (κ2) is 5.52. The van der Waals surface area contributed by atoms with Gasteiger partial charge in [-0.15, -0.1) is 0 Å². The van der Waals surface area contributed by atoms with E-state index in [1.165, 1.54) is 57.9 Å². The minimum absolute atomic E-state index is 0.764. The summed E-state index contributed by atoms with van der Waals surface area (Å²) in [6.45, 7) is 1.21. The zero-order valence-corrected chi connectivity index (χ0v) is 12.5. The van der Waals surface area contributed by atoms with Crippen LogP contribution in [0.3, 0.4) is 0 Å². The molecule has 0 aromatic heterocycles. The second-order valence-electron chi connectivity index (χ2n) is 7.32. The van der Waals surface area contributed by atoms with Crippen LogP contribution in [0.4, 0.5) is 0 Å². The van der Waals surface area contributed by atoms with Crippen molar-refractivity contribution in [2.24, 2.45) is 11.8 Å². The fourth-order valence-corrected chi connectivity index (χ4v) is 4.99. The van der Waals surface area contributed by atoms with Gasteiger partial charge in [-0.1, -0.05) is 37.1 Å². The number of fused-ring (bicyclic) bond motifs is 4. The third-order valence-corrected chi connectivity index (χ3v) is 6.17. The molecule has 3 saturated carbocycles. The molecule has 20 heavy (non-hydrogen) atoms. The minimum Gasteiger partial charge on any atom is -0.313 e. The summed E-state index contributed by atoms with van der Waals surface area (Å²) < 4.78 is 0. The van der Waals surface area contributed by atoms with Crippen LogP contribution in [0.2, 0.25) is 0 Å². The quantitative estimate of drug-likeness (QED) is 0.864. The topological polar surface area (TPSA) is 12.0 Å². The SMILES string of the molecule is c1ccc2c(c1)CCCC2CN[C@@H]1CC2CCC1CC2. The Balaban J connectivity index is 1.41. The second-order valence-corrected chi connectivity index (χ2v) is 7.32. The number of hydrogen-bond acceptors (Lipinski definition) is 1. The van der Waals surface area contributed by atoms with Crippen LogP contribution < -0.4 is 5.32 Å². The van der Waals surface area contributed by atoms with Gasteiger partial charge >= 0.3 is 0 Å². The molecule has 4 aliphatic carbocycles. The zero-order chi connectivity index (χ0) is 13.4. The highest BCUT2D eigenvalue weighted by Gasteiger charge is 2.35. The average molecular weight is 269 g/mol. The van der Waals surface area contributed by atoms with Gasteiger partial charge in [0, 0.05) is 12.6 Å². The molecule has 0 radical (unpaired) electrons. The molecule has 0 aliphatic heterocycles. The number of benzene rings is 1. The van der Waals surface area contributed by atoms with Crippen molar-refractivity contribution in [3.63, 3.8) is 0 Å². The van der Waals surface area contributed by atoms with E-state index in [4.69, 9.17) is 0 Å². The van der Waals surface area contributed by atoms with Crippen molar-refractivity contribution in [3.8, 4) is 0 Å². The summed E-state index contributed by atoms with van der Waals surface area (Å²) in [5.74, 6) is 2.79. The van der Waals surface area contributed by atoms with E-state index in [0.717, 1.165) is 23.8 Å². The highest BCUT2D eigenvalue weighted by molar-refractivity contribution is 5.32. The molecule has 0 saturated heterocycles.